The molecule has 0 amide bonds. The van der Waals surface area contributed by atoms with E-state index >= 15 is 0 Å². The smallest absolute Gasteiger partial charge is 0.168 e. The standard InChI is InChI=1S/C17H15NO3/c1-2-5-13-11-15-14(10-12(13)4-1)6-3-7-16(15)18-17-8-9-19-21-20-17/h1-7,10-11,17-18H,8-9H2. The zero-order chi connectivity index (χ0) is 14.1. The van der Waals surface area contributed by atoms with E-state index in [4.69, 9.17) is 9.78 Å². The Morgan fingerprint density at radius 2 is 1.71 bits per heavy atom. The lowest BCUT2D eigenvalue weighted by Crippen LogP contribution is -2.29. The predicted molar refractivity (Wildman–Crippen MR) is 81.6 cm³/mol. The number of anilines is 1. The predicted octanol–water partition coefficient (Wildman–Crippen LogP) is 4.01. The summed E-state index contributed by atoms with van der Waals surface area (Å²) in [6.07, 6.45) is 0.542. The van der Waals surface area contributed by atoms with Crippen LogP contribution in [0.1, 0.15) is 6.42 Å². The Bertz CT molecular complexity index is 781. The lowest BCUT2D eigenvalue weighted by atomic mass is 10.0. The zero-order valence-electron chi connectivity index (χ0n) is 11.4. The Morgan fingerprint density at radius 3 is 2.52 bits per heavy atom. The SMILES string of the molecule is c1ccc2cc3c(NC4CCOOO4)cccc3cc2c1. The Hall–Kier alpha value is -2.14. The molecule has 0 aromatic heterocycles. The van der Waals surface area contributed by atoms with Crippen molar-refractivity contribution in [1.82, 2.24) is 0 Å². The summed E-state index contributed by atoms with van der Waals surface area (Å²) in [6.45, 7) is 0.519. The van der Waals surface area contributed by atoms with Crippen LogP contribution in [0.4, 0.5) is 5.69 Å². The fourth-order valence-electron chi connectivity index (χ4n) is 2.67. The van der Waals surface area contributed by atoms with E-state index < -0.39 is 0 Å². The summed E-state index contributed by atoms with van der Waals surface area (Å²) in [5, 5.41) is 12.8. The second kappa shape index (κ2) is 5.33. The normalized spacial score (nSPS) is 19.0. The van der Waals surface area contributed by atoms with E-state index in [0.29, 0.717) is 6.61 Å². The molecule has 0 radical (unpaired) electrons. The van der Waals surface area contributed by atoms with Gasteiger partial charge in [0.2, 0.25) is 0 Å². The summed E-state index contributed by atoms with van der Waals surface area (Å²) in [7, 11) is 0. The van der Waals surface area contributed by atoms with E-state index in [1.165, 1.54) is 21.5 Å². The van der Waals surface area contributed by atoms with Crippen molar-refractivity contribution >= 4 is 27.2 Å². The minimum absolute atomic E-state index is 0.198. The van der Waals surface area contributed by atoms with Crippen LogP contribution in [-0.4, -0.2) is 12.8 Å². The van der Waals surface area contributed by atoms with E-state index in [2.05, 4.69) is 58.9 Å². The summed E-state index contributed by atoms with van der Waals surface area (Å²) in [6, 6.07) is 19.0. The molecule has 1 N–H and O–H groups in total. The van der Waals surface area contributed by atoms with Gasteiger partial charge in [0, 0.05) is 17.5 Å². The van der Waals surface area contributed by atoms with Gasteiger partial charge in [-0.25, -0.2) is 4.89 Å². The summed E-state index contributed by atoms with van der Waals surface area (Å²) < 4.78 is 0. The number of rotatable bonds is 2. The molecule has 1 atom stereocenters. The first-order valence-electron chi connectivity index (χ1n) is 7.03. The second-order valence-electron chi connectivity index (χ2n) is 5.13. The summed E-state index contributed by atoms with van der Waals surface area (Å²) in [4.78, 5) is 9.81. The molecule has 0 bridgehead atoms. The lowest BCUT2D eigenvalue weighted by Gasteiger charge is -2.22. The molecule has 106 valence electrons. The van der Waals surface area contributed by atoms with E-state index in [0.717, 1.165) is 12.1 Å². The maximum absolute atomic E-state index is 5.08. The quantitative estimate of drug-likeness (QED) is 0.569. The fraction of sp³-hybridized carbons (Fsp3) is 0.176. The van der Waals surface area contributed by atoms with Gasteiger partial charge in [0.15, 0.2) is 6.23 Å². The Morgan fingerprint density at radius 1 is 0.905 bits per heavy atom. The average molecular weight is 281 g/mol. The third kappa shape index (κ3) is 2.45. The number of hydrogen-bond acceptors (Lipinski definition) is 4. The first-order valence-corrected chi connectivity index (χ1v) is 7.03. The van der Waals surface area contributed by atoms with Crippen LogP contribution in [0.15, 0.2) is 54.6 Å². The molecular formula is C17H15NO3. The molecule has 1 fully saturated rings. The monoisotopic (exact) mass is 281 g/mol. The maximum atomic E-state index is 5.08. The van der Waals surface area contributed by atoms with Crippen LogP contribution in [0.25, 0.3) is 21.5 Å². The van der Waals surface area contributed by atoms with Crippen molar-refractivity contribution in [3.8, 4) is 0 Å². The van der Waals surface area contributed by atoms with Crippen molar-refractivity contribution < 1.29 is 14.8 Å². The van der Waals surface area contributed by atoms with Crippen LogP contribution >= 0.6 is 0 Å². The number of benzene rings is 3. The van der Waals surface area contributed by atoms with Gasteiger partial charge >= 0.3 is 0 Å². The highest BCUT2D eigenvalue weighted by Gasteiger charge is 2.16. The van der Waals surface area contributed by atoms with Crippen molar-refractivity contribution in [2.75, 3.05) is 11.9 Å². The van der Waals surface area contributed by atoms with Gasteiger partial charge in [0.25, 0.3) is 0 Å². The van der Waals surface area contributed by atoms with Gasteiger partial charge in [0.1, 0.15) is 0 Å². The molecule has 21 heavy (non-hydrogen) atoms. The molecule has 4 heteroatoms. The van der Waals surface area contributed by atoms with Crippen LogP contribution in [0.2, 0.25) is 0 Å². The topological polar surface area (TPSA) is 39.7 Å². The molecular weight excluding hydrogens is 266 g/mol. The van der Waals surface area contributed by atoms with Gasteiger partial charge < -0.3 is 5.32 Å². The van der Waals surface area contributed by atoms with Crippen LogP contribution in [-0.2, 0) is 14.8 Å². The molecule has 1 unspecified atom stereocenters. The van der Waals surface area contributed by atoms with Gasteiger partial charge in [-0.3, -0.25) is 0 Å². The minimum Gasteiger partial charge on any atom is -0.357 e. The van der Waals surface area contributed by atoms with E-state index in [9.17, 15) is 0 Å². The summed E-state index contributed by atoms with van der Waals surface area (Å²) >= 11 is 0. The fourth-order valence-corrected chi connectivity index (χ4v) is 2.67. The van der Waals surface area contributed by atoms with Crippen molar-refractivity contribution in [3.05, 3.63) is 54.6 Å². The van der Waals surface area contributed by atoms with Gasteiger partial charge in [0.05, 0.1) is 6.61 Å². The largest absolute Gasteiger partial charge is 0.357 e. The van der Waals surface area contributed by atoms with Gasteiger partial charge in [-0.1, -0.05) is 41.4 Å². The molecule has 3 aromatic rings. The summed E-state index contributed by atoms with van der Waals surface area (Å²) in [5.74, 6) is 0. The molecule has 1 aliphatic heterocycles. The molecule has 1 aliphatic rings. The van der Waals surface area contributed by atoms with Crippen LogP contribution in [0.5, 0.6) is 0 Å². The average Bonchev–Trinajstić information content (AvgIpc) is 2.54. The number of fused-ring (bicyclic) bond motifs is 2. The Labute approximate surface area is 122 Å². The van der Waals surface area contributed by atoms with Crippen molar-refractivity contribution in [2.45, 2.75) is 12.6 Å². The molecule has 0 saturated carbocycles. The van der Waals surface area contributed by atoms with Gasteiger partial charge in [-0.2, -0.15) is 4.89 Å². The third-order valence-electron chi connectivity index (χ3n) is 3.73. The summed E-state index contributed by atoms with van der Waals surface area (Å²) in [5.41, 5.74) is 1.04. The first kappa shape index (κ1) is 12.6. The first-order chi connectivity index (χ1) is 10.4. The zero-order valence-corrected chi connectivity index (χ0v) is 11.4. The van der Waals surface area contributed by atoms with Crippen LogP contribution < -0.4 is 5.32 Å². The van der Waals surface area contributed by atoms with Crippen molar-refractivity contribution in [1.29, 1.82) is 0 Å². The highest BCUT2D eigenvalue weighted by Crippen LogP contribution is 2.29. The Kier molecular flexibility index (Phi) is 3.20. The molecule has 0 spiro atoms. The minimum atomic E-state index is -0.198. The number of nitrogens with one attached hydrogen (secondary N) is 1. The van der Waals surface area contributed by atoms with E-state index in [1.54, 1.807) is 0 Å². The number of hydrogen-bond donors (Lipinski definition) is 1. The Balaban J connectivity index is 1.78. The third-order valence-corrected chi connectivity index (χ3v) is 3.73. The van der Waals surface area contributed by atoms with Crippen LogP contribution in [0, 0.1) is 0 Å². The highest BCUT2D eigenvalue weighted by atomic mass is 17.5. The second-order valence-corrected chi connectivity index (χ2v) is 5.13. The van der Waals surface area contributed by atoms with Crippen molar-refractivity contribution in [3.63, 3.8) is 0 Å². The molecule has 4 rings (SSSR count). The van der Waals surface area contributed by atoms with E-state index in [1.807, 2.05) is 6.07 Å². The van der Waals surface area contributed by atoms with Crippen LogP contribution in [0.3, 0.4) is 0 Å². The van der Waals surface area contributed by atoms with Crippen molar-refractivity contribution in [2.24, 2.45) is 0 Å². The van der Waals surface area contributed by atoms with Gasteiger partial charge in [-0.05, 0) is 34.4 Å². The molecule has 4 nitrogen and oxygen atoms in total. The lowest BCUT2D eigenvalue weighted by molar-refractivity contribution is -0.545. The molecule has 0 aliphatic carbocycles. The molecule has 3 aromatic carbocycles. The molecule has 1 heterocycles. The molecule has 1 saturated heterocycles. The van der Waals surface area contributed by atoms with E-state index in [-0.39, 0.29) is 6.23 Å². The van der Waals surface area contributed by atoms with Gasteiger partial charge in [-0.15, -0.1) is 0 Å². The highest BCUT2D eigenvalue weighted by molar-refractivity contribution is 6.03. The maximum Gasteiger partial charge on any atom is 0.168 e.